The van der Waals surface area contributed by atoms with Crippen molar-refractivity contribution < 1.29 is 0 Å². The van der Waals surface area contributed by atoms with Crippen LogP contribution in [0.25, 0.3) is 10.9 Å². The largest absolute Gasteiger partial charge is 0.358 e. The third-order valence-corrected chi connectivity index (χ3v) is 4.98. The minimum absolute atomic E-state index is 0.426. The normalized spacial score (nSPS) is 13.8. The molecule has 0 radical (unpaired) electrons. The van der Waals surface area contributed by atoms with Crippen LogP contribution in [0.15, 0.2) is 31.4 Å². The maximum atomic E-state index is 4.50. The molecule has 1 saturated carbocycles. The highest BCUT2D eigenvalue weighted by atomic mass is 14.7. The Labute approximate surface area is 148 Å². The van der Waals surface area contributed by atoms with Gasteiger partial charge in [-0.25, -0.2) is 0 Å². The van der Waals surface area contributed by atoms with Gasteiger partial charge in [-0.1, -0.05) is 32.8 Å². The van der Waals surface area contributed by atoms with Crippen molar-refractivity contribution in [2.75, 3.05) is 7.05 Å². The first kappa shape index (κ1) is 20.5. The van der Waals surface area contributed by atoms with Gasteiger partial charge in [-0.3, -0.25) is 0 Å². The Balaban J connectivity index is 0.000000671. The van der Waals surface area contributed by atoms with E-state index in [1.54, 1.807) is 0 Å². The highest BCUT2D eigenvalue weighted by Crippen LogP contribution is 2.38. The zero-order chi connectivity index (χ0) is 18.3. The van der Waals surface area contributed by atoms with Crippen molar-refractivity contribution in [2.45, 2.75) is 59.8 Å². The lowest BCUT2D eigenvalue weighted by atomic mass is 9.81. The van der Waals surface area contributed by atoms with E-state index in [1.165, 1.54) is 66.9 Å². The van der Waals surface area contributed by atoms with Crippen LogP contribution in [0.2, 0.25) is 0 Å². The molecule has 24 heavy (non-hydrogen) atoms. The molecule has 1 aromatic heterocycles. The van der Waals surface area contributed by atoms with Crippen LogP contribution in [0.3, 0.4) is 0 Å². The summed E-state index contributed by atoms with van der Waals surface area (Å²) in [5.41, 5.74) is 10.4. The molecule has 0 amide bonds. The van der Waals surface area contributed by atoms with Crippen molar-refractivity contribution in [3.05, 3.63) is 48.2 Å². The molecule has 2 nitrogen and oxygen atoms in total. The summed E-state index contributed by atoms with van der Waals surface area (Å²) in [4.78, 5) is 3.47. The van der Waals surface area contributed by atoms with Crippen LogP contribution in [0, 0.1) is 25.2 Å². The number of aromatic amines is 1. The van der Waals surface area contributed by atoms with Crippen LogP contribution in [0.1, 0.15) is 56.4 Å². The third-order valence-electron chi connectivity index (χ3n) is 4.98. The van der Waals surface area contributed by atoms with Crippen LogP contribution >= 0.6 is 0 Å². The van der Waals surface area contributed by atoms with Gasteiger partial charge in [0.25, 0.3) is 0 Å². The van der Waals surface area contributed by atoms with Gasteiger partial charge in [0.15, 0.2) is 0 Å². The second kappa shape index (κ2) is 9.08. The molecule has 0 saturated heterocycles. The highest BCUT2D eigenvalue weighted by Gasteiger charge is 2.26. The topological polar surface area (TPSA) is 41.8 Å². The second-order valence-corrected chi connectivity index (χ2v) is 7.58. The molecular formula is C22H36N2. The Morgan fingerprint density at radius 1 is 1.17 bits per heavy atom. The molecule has 2 aromatic rings. The van der Waals surface area contributed by atoms with Crippen molar-refractivity contribution in [3.8, 4) is 0 Å². The first-order valence-electron chi connectivity index (χ1n) is 9.10. The van der Waals surface area contributed by atoms with Gasteiger partial charge in [0.2, 0.25) is 0 Å². The fourth-order valence-corrected chi connectivity index (χ4v) is 3.26. The smallest absolute Gasteiger partial charge is 0.0458 e. The summed E-state index contributed by atoms with van der Waals surface area (Å²) < 4.78 is 0. The first-order chi connectivity index (χ1) is 11.4. The molecule has 0 bridgehead atoms. The molecule has 1 heterocycles. The highest BCUT2D eigenvalue weighted by molar-refractivity contribution is 5.85. The van der Waals surface area contributed by atoms with Crippen LogP contribution in [-0.2, 0) is 6.42 Å². The number of benzene rings is 1. The molecule has 0 atom stereocenters. The van der Waals surface area contributed by atoms with Crippen molar-refractivity contribution in [1.29, 1.82) is 0 Å². The molecule has 134 valence electrons. The number of hydrogen-bond acceptors (Lipinski definition) is 1. The molecule has 0 spiro atoms. The van der Waals surface area contributed by atoms with E-state index in [1.807, 2.05) is 0 Å². The SMILES string of the molecule is C=C.CN.Cc1[nH]c2ccc(CC(C)(C)CCC3CC3)cc2c1C. The standard InChI is InChI=1S/C19H27N.C2H4.CH5N/c1-13-14(2)20-18-8-7-16(11-17(13)18)12-19(3,4)10-9-15-5-6-15;2*1-2/h7-8,11,15,20H,5-6,9-10,12H2,1-4H3;1-2H2;2H2,1H3. The van der Waals surface area contributed by atoms with E-state index in [9.17, 15) is 0 Å². The Morgan fingerprint density at radius 3 is 2.38 bits per heavy atom. The van der Waals surface area contributed by atoms with Gasteiger partial charge in [-0.2, -0.15) is 0 Å². The van der Waals surface area contributed by atoms with Crippen LogP contribution in [0.4, 0.5) is 0 Å². The van der Waals surface area contributed by atoms with Gasteiger partial charge in [0.05, 0.1) is 0 Å². The molecule has 1 aliphatic carbocycles. The van der Waals surface area contributed by atoms with Gasteiger partial charge < -0.3 is 10.7 Å². The van der Waals surface area contributed by atoms with Crippen molar-refractivity contribution in [2.24, 2.45) is 17.1 Å². The van der Waals surface area contributed by atoms with Gasteiger partial charge in [-0.05, 0) is 74.8 Å². The third kappa shape index (κ3) is 5.52. The number of hydrogen-bond donors (Lipinski definition) is 2. The van der Waals surface area contributed by atoms with Crippen molar-refractivity contribution in [3.63, 3.8) is 0 Å². The molecule has 0 unspecified atom stereocenters. The zero-order valence-corrected chi connectivity index (χ0v) is 16.3. The number of nitrogens with one attached hydrogen (secondary N) is 1. The maximum Gasteiger partial charge on any atom is 0.0458 e. The Bertz CT molecular complexity index is 633. The Kier molecular flexibility index (Phi) is 7.75. The Hall–Kier alpha value is -1.54. The Morgan fingerprint density at radius 2 is 1.79 bits per heavy atom. The van der Waals surface area contributed by atoms with E-state index in [4.69, 9.17) is 0 Å². The summed E-state index contributed by atoms with van der Waals surface area (Å²) in [5.74, 6) is 1.05. The average molecular weight is 329 g/mol. The predicted molar refractivity (Wildman–Crippen MR) is 109 cm³/mol. The van der Waals surface area contributed by atoms with E-state index in [0.717, 1.165) is 5.92 Å². The predicted octanol–water partition coefficient (Wildman–Crippen LogP) is 5.92. The molecular weight excluding hydrogens is 292 g/mol. The lowest BCUT2D eigenvalue weighted by molar-refractivity contribution is 0.315. The van der Waals surface area contributed by atoms with Crippen molar-refractivity contribution in [1.82, 2.24) is 4.98 Å². The summed E-state index contributed by atoms with van der Waals surface area (Å²) in [6, 6.07) is 6.95. The minimum Gasteiger partial charge on any atom is -0.358 e. The van der Waals surface area contributed by atoms with Gasteiger partial charge in [0, 0.05) is 16.6 Å². The summed E-state index contributed by atoms with van der Waals surface area (Å²) in [7, 11) is 1.50. The van der Waals surface area contributed by atoms with Crippen molar-refractivity contribution >= 4 is 10.9 Å². The van der Waals surface area contributed by atoms with Gasteiger partial charge >= 0.3 is 0 Å². The quantitative estimate of drug-likeness (QED) is 0.657. The monoisotopic (exact) mass is 328 g/mol. The number of aryl methyl sites for hydroxylation is 2. The van der Waals surface area contributed by atoms with Crippen LogP contribution < -0.4 is 5.73 Å². The molecule has 1 aliphatic rings. The number of nitrogens with two attached hydrogens (primary N) is 1. The molecule has 1 aromatic carbocycles. The molecule has 1 fully saturated rings. The summed E-state index contributed by atoms with van der Waals surface area (Å²) >= 11 is 0. The van der Waals surface area contributed by atoms with E-state index >= 15 is 0 Å². The van der Waals surface area contributed by atoms with E-state index in [0.29, 0.717) is 5.41 Å². The lowest BCUT2D eigenvalue weighted by Crippen LogP contribution is -2.15. The van der Waals surface area contributed by atoms with Crippen LogP contribution in [-0.4, -0.2) is 12.0 Å². The molecule has 0 aliphatic heterocycles. The number of fused-ring (bicyclic) bond motifs is 1. The fourth-order valence-electron chi connectivity index (χ4n) is 3.26. The first-order valence-corrected chi connectivity index (χ1v) is 9.10. The maximum absolute atomic E-state index is 4.50. The van der Waals surface area contributed by atoms with E-state index < -0.39 is 0 Å². The van der Waals surface area contributed by atoms with E-state index in [-0.39, 0.29) is 0 Å². The van der Waals surface area contributed by atoms with Gasteiger partial charge in [0.1, 0.15) is 0 Å². The number of rotatable bonds is 5. The number of H-pyrrole nitrogens is 1. The lowest BCUT2D eigenvalue weighted by Gasteiger charge is -2.25. The average Bonchev–Trinajstić information content (AvgIpc) is 3.37. The van der Waals surface area contributed by atoms with Crippen LogP contribution in [0.5, 0.6) is 0 Å². The zero-order valence-electron chi connectivity index (χ0n) is 16.3. The van der Waals surface area contributed by atoms with E-state index in [2.05, 4.69) is 69.8 Å². The summed E-state index contributed by atoms with van der Waals surface area (Å²) in [5, 5.41) is 1.40. The summed E-state index contributed by atoms with van der Waals surface area (Å²) in [6.45, 7) is 15.2. The molecule has 3 N–H and O–H groups in total. The van der Waals surface area contributed by atoms with Gasteiger partial charge in [-0.15, -0.1) is 13.2 Å². The number of aromatic nitrogens is 1. The second-order valence-electron chi connectivity index (χ2n) is 7.58. The minimum atomic E-state index is 0.426. The molecule has 3 rings (SSSR count). The summed E-state index contributed by atoms with van der Waals surface area (Å²) in [6.07, 6.45) is 6.94. The fraction of sp³-hybridized carbons (Fsp3) is 0.545. The molecule has 2 heteroatoms.